The molecular weight excluding hydrogens is 390 g/mol. The number of rotatable bonds is 8. The fourth-order valence-electron chi connectivity index (χ4n) is 3.67. The molecule has 0 radical (unpaired) electrons. The van der Waals surface area contributed by atoms with Gasteiger partial charge in [0.05, 0.1) is 20.3 Å². The number of nitrogens with one attached hydrogen (secondary N) is 2. The molecule has 168 valence electrons. The summed E-state index contributed by atoms with van der Waals surface area (Å²) in [6.07, 6.45) is 7.00. The van der Waals surface area contributed by atoms with Crippen LogP contribution in [-0.2, 0) is 6.54 Å². The van der Waals surface area contributed by atoms with Crippen molar-refractivity contribution in [3.8, 4) is 11.5 Å². The lowest BCUT2D eigenvalue weighted by Crippen LogP contribution is -2.30. The van der Waals surface area contributed by atoms with Gasteiger partial charge in [0, 0.05) is 37.6 Å². The van der Waals surface area contributed by atoms with Crippen molar-refractivity contribution in [1.82, 2.24) is 10.3 Å². The van der Waals surface area contributed by atoms with E-state index >= 15 is 0 Å². The van der Waals surface area contributed by atoms with Gasteiger partial charge in [-0.1, -0.05) is 12.8 Å². The van der Waals surface area contributed by atoms with Crippen LogP contribution in [0.4, 0.5) is 11.5 Å². The Balaban J connectivity index is 1.70. The molecule has 2 aromatic rings. The second-order valence-corrected chi connectivity index (χ2v) is 7.54. The molecule has 31 heavy (non-hydrogen) atoms. The number of aliphatic imine (C=N–C) groups is 1. The summed E-state index contributed by atoms with van der Waals surface area (Å²) >= 11 is 0. The van der Waals surface area contributed by atoms with Gasteiger partial charge in [0.2, 0.25) is 0 Å². The van der Waals surface area contributed by atoms with Gasteiger partial charge in [-0.15, -0.1) is 0 Å². The molecule has 0 unspecified atom stereocenters. The van der Waals surface area contributed by atoms with Crippen LogP contribution >= 0.6 is 0 Å². The monoisotopic (exact) mass is 425 g/mol. The van der Waals surface area contributed by atoms with Crippen molar-refractivity contribution in [1.29, 1.82) is 0 Å². The van der Waals surface area contributed by atoms with Gasteiger partial charge >= 0.3 is 0 Å². The molecule has 0 spiro atoms. The largest absolute Gasteiger partial charge is 0.493 e. The fraction of sp³-hybridized carbons (Fsp3) is 0.500. The van der Waals surface area contributed by atoms with Gasteiger partial charge in [0.15, 0.2) is 17.5 Å². The van der Waals surface area contributed by atoms with E-state index in [0.29, 0.717) is 18.9 Å². The molecule has 0 bridgehead atoms. The first-order chi connectivity index (χ1) is 15.2. The lowest BCUT2D eigenvalue weighted by atomic mass is 10.2. The molecule has 2 heterocycles. The molecule has 0 amide bonds. The maximum atomic E-state index is 5.60. The van der Waals surface area contributed by atoms with E-state index in [1.165, 1.54) is 25.7 Å². The second-order valence-electron chi connectivity index (χ2n) is 7.54. The average molecular weight is 426 g/mol. The first-order valence-electron chi connectivity index (χ1n) is 11.3. The molecule has 0 saturated carbocycles. The Morgan fingerprint density at radius 2 is 1.87 bits per heavy atom. The van der Waals surface area contributed by atoms with Crippen LogP contribution in [-0.4, -0.2) is 44.3 Å². The van der Waals surface area contributed by atoms with Crippen molar-refractivity contribution in [3.63, 3.8) is 0 Å². The van der Waals surface area contributed by atoms with Crippen LogP contribution in [0, 0.1) is 0 Å². The number of hydrogen-bond donors (Lipinski definition) is 2. The minimum atomic E-state index is 0.576. The number of anilines is 2. The van der Waals surface area contributed by atoms with Crippen LogP contribution < -0.4 is 25.0 Å². The zero-order valence-electron chi connectivity index (χ0n) is 19.0. The highest BCUT2D eigenvalue weighted by Gasteiger charge is 2.11. The molecular formula is C24H35N5O2. The van der Waals surface area contributed by atoms with E-state index in [1.807, 2.05) is 37.4 Å². The summed E-state index contributed by atoms with van der Waals surface area (Å²) in [5.74, 6) is 3.21. The Kier molecular flexibility index (Phi) is 8.82. The molecule has 2 N–H and O–H groups in total. The predicted octanol–water partition coefficient (Wildman–Crippen LogP) is 4.45. The molecule has 1 aliphatic rings. The van der Waals surface area contributed by atoms with Crippen LogP contribution in [0.5, 0.6) is 11.5 Å². The van der Waals surface area contributed by atoms with Crippen molar-refractivity contribution in [2.75, 3.05) is 43.6 Å². The van der Waals surface area contributed by atoms with E-state index in [9.17, 15) is 0 Å². The smallest absolute Gasteiger partial charge is 0.196 e. The Morgan fingerprint density at radius 3 is 2.58 bits per heavy atom. The fourth-order valence-corrected chi connectivity index (χ4v) is 3.67. The van der Waals surface area contributed by atoms with E-state index in [-0.39, 0.29) is 0 Å². The minimum Gasteiger partial charge on any atom is -0.493 e. The molecule has 7 nitrogen and oxygen atoms in total. The Labute approximate surface area is 185 Å². The van der Waals surface area contributed by atoms with Crippen LogP contribution in [0.15, 0.2) is 41.5 Å². The summed E-state index contributed by atoms with van der Waals surface area (Å²) < 4.78 is 11.1. The topological polar surface area (TPSA) is 71.0 Å². The zero-order valence-corrected chi connectivity index (χ0v) is 19.0. The number of guanidine groups is 1. The van der Waals surface area contributed by atoms with Crippen LogP contribution in [0.3, 0.4) is 0 Å². The standard InChI is InChI=1S/C24H35N5O2/c1-4-25-24(28-20-10-11-21(31-5-2)22(17-20)30-3)27-18-19-12-13-26-23(16-19)29-14-8-6-7-9-15-29/h10-13,16-17H,4-9,14-15,18H2,1-3H3,(H2,25,27,28). The number of methoxy groups -OCH3 is 1. The second kappa shape index (κ2) is 12.0. The zero-order chi connectivity index (χ0) is 21.9. The number of aromatic nitrogens is 1. The summed E-state index contributed by atoms with van der Waals surface area (Å²) in [5, 5.41) is 6.66. The van der Waals surface area contributed by atoms with Crippen molar-refractivity contribution in [2.24, 2.45) is 4.99 Å². The van der Waals surface area contributed by atoms with Crippen LogP contribution in [0.1, 0.15) is 45.1 Å². The lowest BCUT2D eigenvalue weighted by molar-refractivity contribution is 0.311. The maximum absolute atomic E-state index is 5.60. The molecule has 3 rings (SSSR count). The normalized spacial score (nSPS) is 14.7. The molecule has 1 saturated heterocycles. The number of nitrogens with zero attached hydrogens (tertiary/aromatic N) is 3. The van der Waals surface area contributed by atoms with Crippen LogP contribution in [0.2, 0.25) is 0 Å². The van der Waals surface area contributed by atoms with E-state index in [4.69, 9.17) is 14.5 Å². The Hall–Kier alpha value is -2.96. The minimum absolute atomic E-state index is 0.576. The summed E-state index contributed by atoms with van der Waals surface area (Å²) in [6.45, 7) is 8.13. The first-order valence-corrected chi connectivity index (χ1v) is 11.3. The van der Waals surface area contributed by atoms with E-state index < -0.39 is 0 Å². The highest BCUT2D eigenvalue weighted by molar-refractivity contribution is 5.93. The summed E-state index contributed by atoms with van der Waals surface area (Å²) in [7, 11) is 1.65. The number of ether oxygens (including phenoxy) is 2. The average Bonchev–Trinajstić information content (AvgIpc) is 3.09. The molecule has 1 aromatic heterocycles. The van der Waals surface area contributed by atoms with Crippen LogP contribution in [0.25, 0.3) is 0 Å². The third kappa shape index (κ3) is 6.77. The van der Waals surface area contributed by atoms with E-state index in [0.717, 1.165) is 48.4 Å². The summed E-state index contributed by atoms with van der Waals surface area (Å²) in [5.41, 5.74) is 2.04. The van der Waals surface area contributed by atoms with E-state index in [1.54, 1.807) is 7.11 Å². The molecule has 1 fully saturated rings. The van der Waals surface area contributed by atoms with Crippen molar-refractivity contribution >= 4 is 17.5 Å². The van der Waals surface area contributed by atoms with Gasteiger partial charge in [-0.05, 0) is 56.5 Å². The molecule has 1 aliphatic heterocycles. The van der Waals surface area contributed by atoms with Gasteiger partial charge in [-0.3, -0.25) is 0 Å². The lowest BCUT2D eigenvalue weighted by Gasteiger charge is -2.21. The molecule has 0 atom stereocenters. The first kappa shape index (κ1) is 22.7. The Bertz CT molecular complexity index is 848. The molecule has 7 heteroatoms. The number of benzene rings is 1. The number of pyridine rings is 1. The third-order valence-corrected chi connectivity index (χ3v) is 5.23. The summed E-state index contributed by atoms with van der Waals surface area (Å²) in [4.78, 5) is 11.8. The van der Waals surface area contributed by atoms with Crippen molar-refractivity contribution < 1.29 is 9.47 Å². The van der Waals surface area contributed by atoms with Gasteiger partial charge in [-0.25, -0.2) is 9.98 Å². The quantitative estimate of drug-likeness (QED) is 0.481. The van der Waals surface area contributed by atoms with E-state index in [2.05, 4.69) is 33.5 Å². The van der Waals surface area contributed by atoms with Gasteiger partial charge in [-0.2, -0.15) is 0 Å². The third-order valence-electron chi connectivity index (χ3n) is 5.23. The van der Waals surface area contributed by atoms with Gasteiger partial charge in [0.1, 0.15) is 5.82 Å². The maximum Gasteiger partial charge on any atom is 0.196 e. The van der Waals surface area contributed by atoms with Gasteiger partial charge in [0.25, 0.3) is 0 Å². The predicted molar refractivity (Wildman–Crippen MR) is 128 cm³/mol. The Morgan fingerprint density at radius 1 is 1.06 bits per heavy atom. The SMILES string of the molecule is CCNC(=NCc1ccnc(N2CCCCCC2)c1)Nc1ccc(OCC)c(OC)c1. The van der Waals surface area contributed by atoms with Gasteiger partial charge < -0.3 is 25.0 Å². The highest BCUT2D eigenvalue weighted by atomic mass is 16.5. The molecule has 0 aliphatic carbocycles. The van der Waals surface area contributed by atoms with Crippen molar-refractivity contribution in [2.45, 2.75) is 46.1 Å². The molecule has 1 aromatic carbocycles. The summed E-state index contributed by atoms with van der Waals surface area (Å²) in [6, 6.07) is 9.99. The van der Waals surface area contributed by atoms with Crippen molar-refractivity contribution in [3.05, 3.63) is 42.1 Å². The number of hydrogen-bond acceptors (Lipinski definition) is 5. The highest BCUT2D eigenvalue weighted by Crippen LogP contribution is 2.30.